The third-order valence-electron chi connectivity index (χ3n) is 2.87. The molecule has 0 bridgehead atoms. The Balaban J connectivity index is 2.34. The SMILES string of the molecule is ClC1=NC(Cl)=NP(c2ccccc2)(c2ccccc2)=N1. The Morgan fingerprint density at radius 1 is 0.700 bits per heavy atom. The minimum absolute atomic E-state index is 0.144. The Morgan fingerprint density at radius 2 is 1.20 bits per heavy atom. The van der Waals surface area contributed by atoms with Crippen molar-refractivity contribution in [3.8, 4) is 0 Å². The Hall–Kier alpha value is -1.41. The second-order valence-corrected chi connectivity index (χ2v) is 7.43. The van der Waals surface area contributed by atoms with E-state index >= 15 is 0 Å². The van der Waals surface area contributed by atoms with Crippen LogP contribution in [-0.2, 0) is 0 Å². The highest BCUT2D eigenvalue weighted by Gasteiger charge is 2.27. The molecule has 0 N–H and O–H groups in total. The molecule has 1 aliphatic heterocycles. The summed E-state index contributed by atoms with van der Waals surface area (Å²) in [5.74, 6) is 0. The third-order valence-corrected chi connectivity index (χ3v) is 6.44. The molecule has 1 aliphatic rings. The van der Waals surface area contributed by atoms with E-state index < -0.39 is 7.21 Å². The molecule has 0 atom stereocenters. The third kappa shape index (κ3) is 2.45. The summed E-state index contributed by atoms with van der Waals surface area (Å²) in [4.78, 5) is 3.89. The molecular weight excluding hydrogens is 312 g/mol. The largest absolute Gasteiger partial charge is 0.226 e. The number of nitrogens with zero attached hydrogens (tertiary/aromatic N) is 3. The molecule has 2 aromatic rings. The fourth-order valence-electron chi connectivity index (χ4n) is 2.03. The highest BCUT2D eigenvalue weighted by atomic mass is 35.5. The van der Waals surface area contributed by atoms with Gasteiger partial charge in [0.25, 0.3) is 0 Å². The van der Waals surface area contributed by atoms with Crippen LogP contribution in [0.5, 0.6) is 0 Å². The molecule has 0 spiro atoms. The summed E-state index contributed by atoms with van der Waals surface area (Å²) in [5, 5.41) is 2.28. The maximum absolute atomic E-state index is 6.04. The van der Waals surface area contributed by atoms with Crippen molar-refractivity contribution in [2.24, 2.45) is 14.5 Å². The average Bonchev–Trinajstić information content (AvgIpc) is 2.48. The highest BCUT2D eigenvalue weighted by molar-refractivity contribution is 7.80. The maximum atomic E-state index is 6.04. The Labute approximate surface area is 127 Å². The van der Waals surface area contributed by atoms with Crippen LogP contribution in [0, 0.1) is 0 Å². The van der Waals surface area contributed by atoms with E-state index in [1.165, 1.54) is 0 Å². The van der Waals surface area contributed by atoms with Crippen molar-refractivity contribution in [1.29, 1.82) is 0 Å². The maximum Gasteiger partial charge on any atom is 0.226 e. The first-order chi connectivity index (χ1) is 9.71. The van der Waals surface area contributed by atoms with Crippen molar-refractivity contribution >= 4 is 51.6 Å². The van der Waals surface area contributed by atoms with E-state index in [0.29, 0.717) is 0 Å². The normalized spacial score (nSPS) is 16.9. The second-order valence-electron chi connectivity index (χ2n) is 4.12. The van der Waals surface area contributed by atoms with Crippen LogP contribution >= 0.6 is 30.4 Å². The van der Waals surface area contributed by atoms with Crippen LogP contribution in [0.2, 0.25) is 0 Å². The Morgan fingerprint density at radius 3 is 1.65 bits per heavy atom. The van der Waals surface area contributed by atoms with Gasteiger partial charge in [-0.2, -0.15) is 4.99 Å². The van der Waals surface area contributed by atoms with Crippen LogP contribution in [0.3, 0.4) is 0 Å². The molecule has 0 amide bonds. The average molecular weight is 322 g/mol. The zero-order valence-corrected chi connectivity index (χ0v) is 12.7. The lowest BCUT2D eigenvalue weighted by Crippen LogP contribution is -2.17. The first kappa shape index (κ1) is 13.6. The molecule has 20 heavy (non-hydrogen) atoms. The summed E-state index contributed by atoms with van der Waals surface area (Å²) in [5.41, 5.74) is 0. The molecule has 0 radical (unpaired) electrons. The summed E-state index contributed by atoms with van der Waals surface area (Å²) in [6.45, 7) is 0. The molecule has 2 aromatic carbocycles. The van der Waals surface area contributed by atoms with Crippen molar-refractivity contribution in [3.05, 3.63) is 60.7 Å². The molecule has 0 saturated carbocycles. The summed E-state index contributed by atoms with van der Waals surface area (Å²) in [6.07, 6.45) is 0. The molecule has 100 valence electrons. The van der Waals surface area contributed by atoms with E-state index in [4.69, 9.17) is 23.2 Å². The number of hydrogen-bond donors (Lipinski definition) is 0. The van der Waals surface area contributed by atoms with Crippen molar-refractivity contribution in [2.45, 2.75) is 0 Å². The first-order valence-electron chi connectivity index (χ1n) is 5.94. The van der Waals surface area contributed by atoms with Gasteiger partial charge in [-0.05, 0) is 23.2 Å². The molecule has 3 nitrogen and oxygen atoms in total. The molecule has 6 heteroatoms. The smallest absolute Gasteiger partial charge is 0.205 e. The minimum atomic E-state index is -2.39. The summed E-state index contributed by atoms with van der Waals surface area (Å²) >= 11 is 12.1. The summed E-state index contributed by atoms with van der Waals surface area (Å²) < 4.78 is 9.12. The lowest BCUT2D eigenvalue weighted by molar-refractivity contribution is 1.57. The molecule has 1 heterocycles. The first-order valence-corrected chi connectivity index (χ1v) is 8.39. The number of halogens is 2. The number of rotatable bonds is 2. The highest BCUT2D eigenvalue weighted by Crippen LogP contribution is 2.51. The van der Waals surface area contributed by atoms with E-state index in [-0.39, 0.29) is 10.6 Å². The van der Waals surface area contributed by atoms with Gasteiger partial charge in [0, 0.05) is 10.6 Å². The summed E-state index contributed by atoms with van der Waals surface area (Å²) in [6, 6.07) is 19.7. The van der Waals surface area contributed by atoms with Gasteiger partial charge in [0.1, 0.15) is 7.21 Å². The van der Waals surface area contributed by atoms with Gasteiger partial charge in [0.05, 0.1) is 0 Å². The van der Waals surface area contributed by atoms with Crippen LogP contribution in [0.15, 0.2) is 75.2 Å². The van der Waals surface area contributed by atoms with E-state index in [1.807, 2.05) is 60.7 Å². The zero-order valence-electron chi connectivity index (χ0n) is 10.3. The van der Waals surface area contributed by atoms with Crippen LogP contribution in [0.1, 0.15) is 0 Å². The predicted molar refractivity (Wildman–Crippen MR) is 88.1 cm³/mol. The fourth-order valence-corrected chi connectivity index (χ4v) is 5.44. The molecule has 0 unspecified atom stereocenters. The minimum Gasteiger partial charge on any atom is -0.205 e. The van der Waals surface area contributed by atoms with Gasteiger partial charge in [0.15, 0.2) is 0 Å². The van der Waals surface area contributed by atoms with Crippen LogP contribution < -0.4 is 10.6 Å². The molecular formula is C14H10Cl2N3P. The predicted octanol–water partition coefficient (Wildman–Crippen LogP) is 3.96. The molecule has 0 aliphatic carbocycles. The van der Waals surface area contributed by atoms with E-state index in [0.717, 1.165) is 10.6 Å². The van der Waals surface area contributed by atoms with Gasteiger partial charge in [-0.1, -0.05) is 60.7 Å². The number of benzene rings is 2. The monoisotopic (exact) mass is 321 g/mol. The van der Waals surface area contributed by atoms with Crippen LogP contribution in [-0.4, -0.2) is 10.6 Å². The fraction of sp³-hybridized carbons (Fsp3) is 0. The lowest BCUT2D eigenvalue weighted by Gasteiger charge is -2.22. The topological polar surface area (TPSA) is 37.1 Å². The number of aliphatic imine (C=N–C) groups is 1. The van der Waals surface area contributed by atoms with Crippen molar-refractivity contribution in [3.63, 3.8) is 0 Å². The lowest BCUT2D eigenvalue weighted by atomic mass is 10.4. The van der Waals surface area contributed by atoms with Crippen LogP contribution in [0.4, 0.5) is 0 Å². The van der Waals surface area contributed by atoms with Gasteiger partial charge < -0.3 is 0 Å². The standard InChI is InChI=1S/C14H10Cl2N3P/c15-13-17-14(16)19-20(18-13,11-7-3-1-4-8-11)12-9-5-2-6-10-12/h1-10H. The van der Waals surface area contributed by atoms with Crippen LogP contribution in [0.25, 0.3) is 0 Å². The van der Waals surface area contributed by atoms with Gasteiger partial charge in [-0.25, -0.2) is 9.51 Å². The van der Waals surface area contributed by atoms with Gasteiger partial charge >= 0.3 is 0 Å². The van der Waals surface area contributed by atoms with Gasteiger partial charge in [-0.15, -0.1) is 0 Å². The van der Waals surface area contributed by atoms with E-state index in [2.05, 4.69) is 14.5 Å². The zero-order chi connectivity index (χ0) is 14.0. The van der Waals surface area contributed by atoms with E-state index in [1.54, 1.807) is 0 Å². The van der Waals surface area contributed by atoms with Crippen molar-refractivity contribution < 1.29 is 0 Å². The quantitative estimate of drug-likeness (QED) is 0.593. The Kier molecular flexibility index (Phi) is 3.75. The molecule has 0 aromatic heterocycles. The van der Waals surface area contributed by atoms with E-state index in [9.17, 15) is 0 Å². The molecule has 3 rings (SSSR count). The number of hydrogen-bond acceptors (Lipinski definition) is 3. The van der Waals surface area contributed by atoms with Crippen molar-refractivity contribution in [1.82, 2.24) is 0 Å². The molecule has 0 fully saturated rings. The Bertz CT molecular complexity index is 693. The number of amidine groups is 2. The van der Waals surface area contributed by atoms with Gasteiger partial charge in [-0.3, -0.25) is 0 Å². The molecule has 0 saturated heterocycles. The van der Waals surface area contributed by atoms with Gasteiger partial charge in [0.2, 0.25) is 10.6 Å². The summed E-state index contributed by atoms with van der Waals surface area (Å²) in [7, 11) is -2.39. The second kappa shape index (κ2) is 5.53. The van der Waals surface area contributed by atoms with Crippen molar-refractivity contribution in [2.75, 3.05) is 0 Å².